The summed E-state index contributed by atoms with van der Waals surface area (Å²) in [7, 11) is 0. The van der Waals surface area contributed by atoms with Crippen molar-refractivity contribution in [2.75, 3.05) is 0 Å². The van der Waals surface area contributed by atoms with Gasteiger partial charge in [0.1, 0.15) is 11.3 Å². The summed E-state index contributed by atoms with van der Waals surface area (Å²) < 4.78 is 5.81. The summed E-state index contributed by atoms with van der Waals surface area (Å²) in [5.74, 6) is 0.896. The van der Waals surface area contributed by atoms with Crippen molar-refractivity contribution < 1.29 is 9.53 Å². The van der Waals surface area contributed by atoms with E-state index in [0.717, 1.165) is 5.39 Å². The fourth-order valence-corrected chi connectivity index (χ4v) is 2.46. The molecule has 1 heterocycles. The van der Waals surface area contributed by atoms with Crippen LogP contribution in [0.4, 0.5) is 0 Å². The third-order valence-corrected chi connectivity index (χ3v) is 3.69. The van der Waals surface area contributed by atoms with E-state index in [-0.39, 0.29) is 0 Å². The van der Waals surface area contributed by atoms with Crippen LogP contribution in [0, 0.1) is 0 Å². The minimum atomic E-state index is 0.304. The molecule has 0 aliphatic heterocycles. The molecular weight excluding hydrogens is 309 g/mol. The number of pyridine rings is 1. The first-order valence-corrected chi connectivity index (χ1v) is 6.91. The van der Waals surface area contributed by atoms with Crippen LogP contribution in [-0.2, 0) is 0 Å². The first-order valence-electron chi connectivity index (χ1n) is 6.15. The first-order chi connectivity index (χ1) is 10.2. The number of aldehydes is 1. The van der Waals surface area contributed by atoms with Crippen LogP contribution < -0.4 is 4.74 Å². The molecule has 0 saturated carbocycles. The van der Waals surface area contributed by atoms with Crippen LogP contribution in [-0.4, -0.2) is 11.3 Å². The Balaban J connectivity index is 2.13. The molecule has 104 valence electrons. The summed E-state index contributed by atoms with van der Waals surface area (Å²) in [4.78, 5) is 15.4. The van der Waals surface area contributed by atoms with Crippen LogP contribution in [0.15, 0.2) is 48.7 Å². The lowest BCUT2D eigenvalue weighted by molar-refractivity contribution is 0.112. The third kappa shape index (κ3) is 2.58. The van der Waals surface area contributed by atoms with Gasteiger partial charge in [0.25, 0.3) is 0 Å². The van der Waals surface area contributed by atoms with Crippen molar-refractivity contribution in [2.45, 2.75) is 0 Å². The number of ether oxygens (including phenoxy) is 1. The van der Waals surface area contributed by atoms with E-state index >= 15 is 0 Å². The molecule has 0 aliphatic rings. The van der Waals surface area contributed by atoms with Crippen molar-refractivity contribution >= 4 is 40.4 Å². The first kappa shape index (κ1) is 13.9. The molecule has 0 N–H and O–H groups in total. The van der Waals surface area contributed by atoms with Gasteiger partial charge in [0.05, 0.1) is 15.6 Å². The maximum atomic E-state index is 11.2. The Kier molecular flexibility index (Phi) is 3.78. The zero-order valence-electron chi connectivity index (χ0n) is 10.7. The van der Waals surface area contributed by atoms with Gasteiger partial charge in [-0.05, 0) is 36.4 Å². The number of carbonyl (C=O) groups is 1. The summed E-state index contributed by atoms with van der Waals surface area (Å²) in [6, 6.07) is 12.1. The quantitative estimate of drug-likeness (QED) is 0.627. The Hall–Kier alpha value is -2.10. The molecule has 0 bridgehead atoms. The Bertz CT molecular complexity index is 834. The highest BCUT2D eigenvalue weighted by Crippen LogP contribution is 2.35. The Morgan fingerprint density at radius 3 is 2.62 bits per heavy atom. The lowest BCUT2D eigenvalue weighted by atomic mass is 10.2. The van der Waals surface area contributed by atoms with Crippen molar-refractivity contribution in [3.05, 3.63) is 64.3 Å². The van der Waals surface area contributed by atoms with Gasteiger partial charge in [0.15, 0.2) is 12.0 Å². The van der Waals surface area contributed by atoms with Gasteiger partial charge in [0.2, 0.25) is 0 Å². The highest BCUT2D eigenvalue weighted by molar-refractivity contribution is 6.35. The van der Waals surface area contributed by atoms with E-state index in [4.69, 9.17) is 27.9 Å². The number of hydrogen-bond donors (Lipinski definition) is 0. The van der Waals surface area contributed by atoms with Crippen molar-refractivity contribution in [1.29, 1.82) is 0 Å². The number of aromatic nitrogens is 1. The molecule has 3 rings (SSSR count). The topological polar surface area (TPSA) is 39.2 Å². The molecule has 0 radical (unpaired) electrons. The van der Waals surface area contributed by atoms with Gasteiger partial charge < -0.3 is 4.74 Å². The zero-order chi connectivity index (χ0) is 14.8. The van der Waals surface area contributed by atoms with Gasteiger partial charge in [-0.25, -0.2) is 0 Å². The molecule has 0 spiro atoms. The Labute approximate surface area is 131 Å². The van der Waals surface area contributed by atoms with Crippen molar-refractivity contribution in [1.82, 2.24) is 4.98 Å². The molecular formula is C16H9Cl2NO2. The van der Waals surface area contributed by atoms with Crippen LogP contribution in [0.3, 0.4) is 0 Å². The highest BCUT2D eigenvalue weighted by Gasteiger charge is 2.12. The number of halogens is 2. The molecule has 0 atom stereocenters. The highest BCUT2D eigenvalue weighted by atomic mass is 35.5. The number of hydrogen-bond acceptors (Lipinski definition) is 3. The second-order valence-corrected chi connectivity index (χ2v) is 5.13. The smallest absolute Gasteiger partial charge is 0.155 e. The summed E-state index contributed by atoms with van der Waals surface area (Å²) in [6.07, 6.45) is 2.33. The van der Waals surface area contributed by atoms with E-state index in [0.29, 0.717) is 38.9 Å². The largest absolute Gasteiger partial charge is 0.454 e. The summed E-state index contributed by atoms with van der Waals surface area (Å²) in [6.45, 7) is 0. The summed E-state index contributed by atoms with van der Waals surface area (Å²) in [5.41, 5.74) is 0.931. The number of nitrogens with zero attached hydrogens (tertiary/aromatic N) is 1. The Morgan fingerprint density at radius 1 is 0.952 bits per heavy atom. The second kappa shape index (κ2) is 5.72. The van der Waals surface area contributed by atoms with E-state index in [2.05, 4.69) is 4.98 Å². The maximum Gasteiger partial charge on any atom is 0.155 e. The van der Waals surface area contributed by atoms with E-state index in [1.807, 2.05) is 6.07 Å². The minimum absolute atomic E-state index is 0.304. The summed E-state index contributed by atoms with van der Waals surface area (Å²) in [5, 5.41) is 1.72. The molecule has 3 aromatic rings. The molecule has 0 fully saturated rings. The van der Waals surface area contributed by atoms with Crippen molar-refractivity contribution in [3.63, 3.8) is 0 Å². The van der Waals surface area contributed by atoms with Gasteiger partial charge in [-0.15, -0.1) is 0 Å². The van der Waals surface area contributed by atoms with E-state index in [1.165, 1.54) is 0 Å². The lowest BCUT2D eigenvalue weighted by Crippen LogP contribution is -1.93. The van der Waals surface area contributed by atoms with Crippen LogP contribution in [0.2, 0.25) is 10.0 Å². The number of rotatable bonds is 3. The van der Waals surface area contributed by atoms with Gasteiger partial charge in [-0.2, -0.15) is 0 Å². The van der Waals surface area contributed by atoms with E-state index in [1.54, 1.807) is 42.6 Å². The van der Waals surface area contributed by atoms with E-state index < -0.39 is 0 Å². The van der Waals surface area contributed by atoms with Crippen LogP contribution >= 0.6 is 23.2 Å². The number of benzene rings is 2. The van der Waals surface area contributed by atoms with E-state index in [9.17, 15) is 4.79 Å². The SMILES string of the molecule is O=Cc1c(Cl)cccc1Oc1ccc(Cl)c2cccnc12. The number of fused-ring (bicyclic) bond motifs is 1. The predicted octanol–water partition coefficient (Wildman–Crippen LogP) is 5.15. The zero-order valence-corrected chi connectivity index (χ0v) is 12.2. The number of carbonyl (C=O) groups excluding carboxylic acids is 1. The summed E-state index contributed by atoms with van der Waals surface area (Å²) >= 11 is 12.1. The molecule has 3 nitrogen and oxygen atoms in total. The maximum absolute atomic E-state index is 11.2. The van der Waals surface area contributed by atoms with Crippen LogP contribution in [0.1, 0.15) is 10.4 Å². The van der Waals surface area contributed by atoms with Crippen molar-refractivity contribution in [2.24, 2.45) is 0 Å². The van der Waals surface area contributed by atoms with Crippen LogP contribution in [0.5, 0.6) is 11.5 Å². The fraction of sp³-hybridized carbons (Fsp3) is 0. The molecule has 1 aromatic heterocycles. The average Bonchev–Trinajstić information content (AvgIpc) is 2.51. The molecule has 0 unspecified atom stereocenters. The normalized spacial score (nSPS) is 10.6. The molecule has 0 aliphatic carbocycles. The fourth-order valence-electron chi connectivity index (χ4n) is 2.03. The molecule has 0 saturated heterocycles. The van der Waals surface area contributed by atoms with Crippen molar-refractivity contribution in [3.8, 4) is 11.5 Å². The predicted molar refractivity (Wildman–Crippen MR) is 83.7 cm³/mol. The molecule has 5 heteroatoms. The third-order valence-electron chi connectivity index (χ3n) is 3.03. The monoisotopic (exact) mass is 317 g/mol. The van der Waals surface area contributed by atoms with Gasteiger partial charge >= 0.3 is 0 Å². The standard InChI is InChI=1S/C16H9Cl2NO2/c17-12-4-1-5-14(11(12)9-20)21-15-7-6-13(18)10-3-2-8-19-16(10)15/h1-9H. The van der Waals surface area contributed by atoms with Gasteiger partial charge in [-0.1, -0.05) is 29.3 Å². The Morgan fingerprint density at radius 2 is 1.81 bits per heavy atom. The van der Waals surface area contributed by atoms with Crippen LogP contribution in [0.25, 0.3) is 10.9 Å². The second-order valence-electron chi connectivity index (χ2n) is 4.32. The molecule has 0 amide bonds. The molecule has 21 heavy (non-hydrogen) atoms. The van der Waals surface area contributed by atoms with Gasteiger partial charge in [0, 0.05) is 11.6 Å². The van der Waals surface area contributed by atoms with Gasteiger partial charge in [-0.3, -0.25) is 9.78 Å². The molecule has 2 aromatic carbocycles. The minimum Gasteiger partial charge on any atom is -0.454 e. The average molecular weight is 318 g/mol. The lowest BCUT2D eigenvalue weighted by Gasteiger charge is -2.11.